The number of aliphatic carboxylic acids is 1. The molecule has 0 aliphatic heterocycles. The van der Waals surface area contributed by atoms with Gasteiger partial charge < -0.3 is 56.9 Å². The minimum Gasteiger partial charge on any atom is -0.476 e. The van der Waals surface area contributed by atoms with Gasteiger partial charge in [-0.3, -0.25) is 9.59 Å². The minimum absolute atomic E-state index is 0.0155. The number of ether oxygens (including phenoxy) is 10. The molecule has 1 N–H and O–H groups in total. The first-order chi connectivity index (χ1) is 22.5. The van der Waals surface area contributed by atoms with E-state index in [1.165, 1.54) is 0 Å². The molecule has 0 spiro atoms. The first-order valence-electron chi connectivity index (χ1n) is 16.2. The maximum atomic E-state index is 11.4. The summed E-state index contributed by atoms with van der Waals surface area (Å²) in [4.78, 5) is 32.6. The Bertz CT molecular complexity index is 777. The van der Waals surface area contributed by atoms with Crippen molar-refractivity contribution in [3.8, 4) is 0 Å². The lowest BCUT2D eigenvalue weighted by molar-refractivity contribution is -0.151. The van der Waals surface area contributed by atoms with Gasteiger partial charge in [-0.05, 0) is 18.1 Å². The first kappa shape index (κ1) is 45.4. The number of carboxylic acid groups (broad SMARTS) is 1. The van der Waals surface area contributed by atoms with Gasteiger partial charge in [0.15, 0.2) is 8.32 Å². The fraction of sp³-hybridized carbons (Fsp3) is 0.903. The van der Waals surface area contributed by atoms with Crippen LogP contribution in [0.2, 0.25) is 18.1 Å². The normalized spacial score (nSPS) is 12.0. The van der Waals surface area contributed by atoms with E-state index in [-0.39, 0.29) is 31.1 Å². The van der Waals surface area contributed by atoms with Gasteiger partial charge in [0.1, 0.15) is 6.61 Å². The highest BCUT2D eigenvalue weighted by Crippen LogP contribution is 2.36. The van der Waals surface area contributed by atoms with Gasteiger partial charge in [0, 0.05) is 6.42 Å². The molecule has 0 unspecified atom stereocenters. The summed E-state index contributed by atoms with van der Waals surface area (Å²) in [5.41, 5.74) is 0. The van der Waals surface area contributed by atoms with Crippen LogP contribution in [-0.4, -0.2) is 163 Å². The van der Waals surface area contributed by atoms with Crippen molar-refractivity contribution in [1.82, 2.24) is 0 Å². The van der Waals surface area contributed by atoms with Gasteiger partial charge in [-0.1, -0.05) is 20.8 Å². The van der Waals surface area contributed by atoms with E-state index in [4.69, 9.17) is 56.9 Å². The summed E-state index contributed by atoms with van der Waals surface area (Å²) in [6.45, 7) is 19.9. The molecule has 0 amide bonds. The van der Waals surface area contributed by atoms with Crippen LogP contribution in [0.4, 0.5) is 0 Å². The molecule has 0 radical (unpaired) electrons. The quantitative estimate of drug-likeness (QED) is 0.0441. The highest BCUT2D eigenvalue weighted by molar-refractivity contribution is 6.74. The number of Topliss-reactive ketones (excluding diaryl/α,β-unsaturated/α-hetero) is 1. The van der Waals surface area contributed by atoms with Crippen molar-refractivity contribution in [3.05, 3.63) is 0 Å². The van der Waals surface area contributed by atoms with Crippen LogP contribution in [0.15, 0.2) is 0 Å². The van der Waals surface area contributed by atoms with Crippen LogP contribution >= 0.6 is 0 Å². The molecule has 0 aromatic heterocycles. The molecule has 0 heterocycles. The Hall–Kier alpha value is -1.57. The number of rotatable bonds is 35. The number of esters is 1. The Morgan fingerprint density at radius 2 is 0.745 bits per heavy atom. The van der Waals surface area contributed by atoms with Crippen LogP contribution < -0.4 is 0 Å². The molecule has 16 heteroatoms. The number of ketones is 1. The van der Waals surface area contributed by atoms with Crippen LogP contribution in [0.5, 0.6) is 0 Å². The molecule has 0 aromatic carbocycles. The van der Waals surface area contributed by atoms with E-state index in [1.54, 1.807) is 0 Å². The highest BCUT2D eigenvalue weighted by atomic mass is 28.4. The molecule has 278 valence electrons. The molecule has 0 fully saturated rings. The zero-order valence-corrected chi connectivity index (χ0v) is 30.2. The number of carboxylic acids is 1. The Kier molecular flexibility index (Phi) is 29.5. The van der Waals surface area contributed by atoms with Gasteiger partial charge in [-0.15, -0.1) is 0 Å². The second kappa shape index (κ2) is 30.5. The lowest BCUT2D eigenvalue weighted by Gasteiger charge is -2.36. The predicted molar refractivity (Wildman–Crippen MR) is 173 cm³/mol. The second-order valence-electron chi connectivity index (χ2n) is 11.6. The smallest absolute Gasteiger partial charge is 0.372 e. The standard InChI is InChI=1S/C31H60O15Si/c1-31(2,3)47(4,5)46-27-25-44-23-21-42-19-17-40-15-13-38-11-9-36-8-10-37-12-14-39-16-18-41-20-22-43-24-26-45-29(33)7-6-28(32)30(34)35/h6-27H2,1-5H3,(H,34,35). The third kappa shape index (κ3) is 30.2. The summed E-state index contributed by atoms with van der Waals surface area (Å²) in [7, 11) is -1.71. The van der Waals surface area contributed by atoms with E-state index >= 15 is 0 Å². The zero-order valence-electron chi connectivity index (χ0n) is 29.2. The average molecular weight is 701 g/mol. The third-order valence-electron chi connectivity index (χ3n) is 6.76. The summed E-state index contributed by atoms with van der Waals surface area (Å²) in [5.74, 6) is -3.23. The third-order valence-corrected chi connectivity index (χ3v) is 11.3. The summed E-state index contributed by atoms with van der Waals surface area (Å²) < 4.78 is 59.9. The first-order valence-corrected chi connectivity index (χ1v) is 19.1. The van der Waals surface area contributed by atoms with Gasteiger partial charge in [0.2, 0.25) is 5.78 Å². The Morgan fingerprint density at radius 1 is 0.468 bits per heavy atom. The molecule has 15 nitrogen and oxygen atoms in total. The molecule has 0 saturated heterocycles. The van der Waals surface area contributed by atoms with Gasteiger partial charge in [-0.25, -0.2) is 4.79 Å². The van der Waals surface area contributed by atoms with Crippen molar-refractivity contribution in [2.75, 3.05) is 132 Å². The minimum atomic E-state index is -1.71. The Balaban J connectivity index is 3.19. The van der Waals surface area contributed by atoms with E-state index in [0.717, 1.165) is 0 Å². The van der Waals surface area contributed by atoms with Crippen LogP contribution in [0, 0.1) is 0 Å². The Morgan fingerprint density at radius 3 is 1.02 bits per heavy atom. The number of hydrogen-bond donors (Lipinski definition) is 1. The predicted octanol–water partition coefficient (Wildman–Crippen LogP) is 2.13. The number of carbonyl (C=O) groups is 3. The SMILES string of the molecule is CC(C)(C)[Si](C)(C)OCCOCCOCCOCCOCCOCCOCCOCCOCCOCCOC(=O)CCC(=O)C(=O)O. The van der Waals surface area contributed by atoms with Gasteiger partial charge in [-0.2, -0.15) is 0 Å². The van der Waals surface area contributed by atoms with E-state index in [2.05, 4.69) is 33.9 Å². The molecule has 0 atom stereocenters. The maximum absolute atomic E-state index is 11.4. The van der Waals surface area contributed by atoms with E-state index in [1.807, 2.05) is 0 Å². The van der Waals surface area contributed by atoms with Crippen molar-refractivity contribution in [3.63, 3.8) is 0 Å². The van der Waals surface area contributed by atoms with Crippen LogP contribution in [-0.2, 0) is 66.2 Å². The monoisotopic (exact) mass is 700 g/mol. The van der Waals surface area contributed by atoms with Gasteiger partial charge in [0.25, 0.3) is 0 Å². The summed E-state index contributed by atoms with van der Waals surface area (Å²) in [6, 6.07) is 0. The maximum Gasteiger partial charge on any atom is 0.372 e. The van der Waals surface area contributed by atoms with Crippen molar-refractivity contribution >= 4 is 26.0 Å². The van der Waals surface area contributed by atoms with Crippen molar-refractivity contribution < 1.29 is 71.3 Å². The van der Waals surface area contributed by atoms with Crippen molar-refractivity contribution in [2.45, 2.75) is 51.7 Å². The van der Waals surface area contributed by atoms with Crippen LogP contribution in [0.25, 0.3) is 0 Å². The summed E-state index contributed by atoms with van der Waals surface area (Å²) in [5, 5.41) is 8.65. The van der Waals surface area contributed by atoms with Crippen molar-refractivity contribution in [1.29, 1.82) is 0 Å². The van der Waals surface area contributed by atoms with E-state index in [9.17, 15) is 14.4 Å². The fourth-order valence-corrected chi connectivity index (χ4v) is 4.07. The van der Waals surface area contributed by atoms with Crippen LogP contribution in [0.3, 0.4) is 0 Å². The average Bonchev–Trinajstić information content (AvgIpc) is 3.01. The molecule has 47 heavy (non-hydrogen) atoms. The topological polar surface area (TPSA) is 173 Å². The molecule has 0 bridgehead atoms. The highest BCUT2D eigenvalue weighted by Gasteiger charge is 2.36. The summed E-state index contributed by atoms with van der Waals surface area (Å²) in [6.07, 6.45) is -0.657. The van der Waals surface area contributed by atoms with E-state index in [0.29, 0.717) is 119 Å². The van der Waals surface area contributed by atoms with Gasteiger partial charge >= 0.3 is 11.9 Å². The second-order valence-corrected chi connectivity index (χ2v) is 16.4. The van der Waals surface area contributed by atoms with Crippen molar-refractivity contribution in [2.24, 2.45) is 0 Å². The Labute approximate surface area is 281 Å². The number of hydrogen-bond acceptors (Lipinski definition) is 14. The molecule has 0 aromatic rings. The number of carbonyl (C=O) groups excluding carboxylic acids is 2. The summed E-state index contributed by atoms with van der Waals surface area (Å²) >= 11 is 0. The fourth-order valence-electron chi connectivity index (χ4n) is 3.04. The van der Waals surface area contributed by atoms with E-state index < -0.39 is 26.0 Å². The lowest BCUT2D eigenvalue weighted by atomic mass is 10.2. The molecular weight excluding hydrogens is 640 g/mol. The molecule has 0 saturated carbocycles. The zero-order chi connectivity index (χ0) is 35.1. The molecule has 0 aliphatic carbocycles. The van der Waals surface area contributed by atoms with Gasteiger partial charge in [0.05, 0.1) is 132 Å². The lowest BCUT2D eigenvalue weighted by Crippen LogP contribution is -2.41. The molecular formula is C31H60O15Si. The molecule has 0 rings (SSSR count). The largest absolute Gasteiger partial charge is 0.476 e. The van der Waals surface area contributed by atoms with Crippen LogP contribution in [0.1, 0.15) is 33.6 Å². The molecule has 0 aliphatic rings.